The summed E-state index contributed by atoms with van der Waals surface area (Å²) in [5, 5.41) is 2.48. The summed E-state index contributed by atoms with van der Waals surface area (Å²) in [6.07, 6.45) is 4.02. The third-order valence-electron chi connectivity index (χ3n) is 5.44. The molecule has 178 valence electrons. The fourth-order valence-corrected chi connectivity index (χ4v) is 3.87. The van der Waals surface area contributed by atoms with Crippen LogP contribution in [0.4, 0.5) is 9.59 Å². The number of terminal acetylenes is 1. The van der Waals surface area contributed by atoms with E-state index in [0.29, 0.717) is 0 Å². The molecule has 0 unspecified atom stereocenters. The summed E-state index contributed by atoms with van der Waals surface area (Å²) in [5.41, 5.74) is 3.73. The Bertz CT molecular complexity index is 1070. The lowest BCUT2D eigenvalue weighted by atomic mass is 9.98. The Balaban J connectivity index is 1.63. The van der Waals surface area contributed by atoms with Crippen molar-refractivity contribution in [3.8, 4) is 23.5 Å². The number of benzene rings is 2. The third kappa shape index (κ3) is 5.96. The van der Waals surface area contributed by atoms with E-state index in [2.05, 4.69) is 23.4 Å². The van der Waals surface area contributed by atoms with Gasteiger partial charge in [0, 0.05) is 5.92 Å². The maximum atomic E-state index is 12.8. The summed E-state index contributed by atoms with van der Waals surface area (Å²) in [5.74, 6) is 1.89. The monoisotopic (exact) mass is 462 g/mol. The number of ketones is 1. The molecular weight excluding hydrogens is 432 g/mol. The molecule has 0 spiro atoms. The number of amides is 2. The van der Waals surface area contributed by atoms with Crippen molar-refractivity contribution in [1.82, 2.24) is 10.2 Å². The van der Waals surface area contributed by atoms with E-state index in [1.165, 1.54) is 6.92 Å². The molecule has 1 aliphatic carbocycles. The van der Waals surface area contributed by atoms with E-state index in [4.69, 9.17) is 15.9 Å². The first-order valence-corrected chi connectivity index (χ1v) is 11.2. The molecule has 0 aromatic heterocycles. The lowest BCUT2D eigenvalue weighted by molar-refractivity contribution is -0.121. The predicted octanol–water partition coefficient (Wildman–Crippen LogP) is 4.35. The lowest BCUT2D eigenvalue weighted by Crippen LogP contribution is -2.46. The van der Waals surface area contributed by atoms with Crippen LogP contribution in [0.1, 0.15) is 44.7 Å². The first-order valence-electron chi connectivity index (χ1n) is 11.2. The van der Waals surface area contributed by atoms with Gasteiger partial charge < -0.3 is 14.8 Å². The largest absolute Gasteiger partial charge is 0.448 e. The van der Waals surface area contributed by atoms with Crippen LogP contribution in [-0.4, -0.2) is 54.2 Å². The Labute approximate surface area is 200 Å². The maximum absolute atomic E-state index is 12.8. The standard InChI is InChI=1S/C27H30N2O5/c1-6-15-29(16-24(30)18(2)28-25(31)34-27(3,4)5)26(32)33-17-23-21-13-9-7-11-19(21)20-12-8-10-14-22(20)23/h1,7-14,18,23H,15-17H2,2-5H3,(H,28,31)/t18-/m0/s1. The highest BCUT2D eigenvalue weighted by molar-refractivity contribution is 5.90. The van der Waals surface area contributed by atoms with Gasteiger partial charge in [-0.3, -0.25) is 9.69 Å². The molecule has 0 fully saturated rings. The van der Waals surface area contributed by atoms with Crippen LogP contribution >= 0.6 is 0 Å². The van der Waals surface area contributed by atoms with Gasteiger partial charge in [-0.2, -0.15) is 0 Å². The first-order chi connectivity index (χ1) is 16.1. The van der Waals surface area contributed by atoms with E-state index < -0.39 is 29.6 Å². The van der Waals surface area contributed by atoms with Gasteiger partial charge in [0.05, 0.1) is 19.1 Å². The van der Waals surface area contributed by atoms with Crippen molar-refractivity contribution in [3.63, 3.8) is 0 Å². The fraction of sp³-hybridized carbons (Fsp3) is 0.370. The number of alkyl carbamates (subject to hydrolysis) is 1. The number of rotatable bonds is 7. The Kier molecular flexibility index (Phi) is 7.62. The SMILES string of the molecule is C#CCN(CC(=O)[C@H](C)NC(=O)OC(C)(C)C)C(=O)OCC1c2ccccc2-c2ccccc21. The minimum Gasteiger partial charge on any atom is -0.448 e. The van der Waals surface area contributed by atoms with Crippen LogP contribution < -0.4 is 5.32 Å². The molecule has 3 rings (SSSR count). The predicted molar refractivity (Wildman–Crippen MR) is 129 cm³/mol. The highest BCUT2D eigenvalue weighted by Crippen LogP contribution is 2.44. The van der Waals surface area contributed by atoms with Gasteiger partial charge in [-0.25, -0.2) is 9.59 Å². The van der Waals surface area contributed by atoms with Gasteiger partial charge in [0.1, 0.15) is 12.2 Å². The summed E-state index contributed by atoms with van der Waals surface area (Å²) in [6, 6.07) is 15.2. The molecule has 2 aromatic rings. The molecule has 0 heterocycles. The normalized spacial score (nSPS) is 13.1. The summed E-state index contributed by atoms with van der Waals surface area (Å²) >= 11 is 0. The fourth-order valence-electron chi connectivity index (χ4n) is 3.87. The number of hydrogen-bond acceptors (Lipinski definition) is 5. The van der Waals surface area contributed by atoms with Crippen LogP contribution in [0.5, 0.6) is 0 Å². The number of Topliss-reactive ketones (excluding diaryl/α,β-unsaturated/α-hetero) is 1. The summed E-state index contributed by atoms with van der Waals surface area (Å²) in [7, 11) is 0. The maximum Gasteiger partial charge on any atom is 0.410 e. The van der Waals surface area contributed by atoms with Crippen molar-refractivity contribution < 1.29 is 23.9 Å². The first kappa shape index (κ1) is 24.8. The summed E-state index contributed by atoms with van der Waals surface area (Å²) < 4.78 is 10.8. The van der Waals surface area contributed by atoms with Crippen LogP contribution in [-0.2, 0) is 14.3 Å². The van der Waals surface area contributed by atoms with Crippen LogP contribution in [0, 0.1) is 12.3 Å². The molecule has 0 saturated heterocycles. The highest BCUT2D eigenvalue weighted by Gasteiger charge is 2.30. The van der Waals surface area contributed by atoms with Crippen molar-refractivity contribution in [2.45, 2.75) is 45.3 Å². The number of carbonyl (C=O) groups is 3. The van der Waals surface area contributed by atoms with E-state index in [1.807, 2.05) is 36.4 Å². The average Bonchev–Trinajstić information content (AvgIpc) is 3.09. The molecule has 2 aromatic carbocycles. The lowest BCUT2D eigenvalue weighted by Gasteiger charge is -2.24. The van der Waals surface area contributed by atoms with Crippen molar-refractivity contribution in [1.29, 1.82) is 0 Å². The zero-order chi connectivity index (χ0) is 24.9. The summed E-state index contributed by atoms with van der Waals surface area (Å²) in [4.78, 5) is 38.6. The number of nitrogens with one attached hydrogen (secondary N) is 1. The Morgan fingerprint density at radius 2 is 1.62 bits per heavy atom. The van der Waals surface area contributed by atoms with Gasteiger partial charge in [-0.05, 0) is 49.9 Å². The van der Waals surface area contributed by atoms with E-state index in [1.54, 1.807) is 20.8 Å². The second-order valence-corrected chi connectivity index (χ2v) is 9.20. The third-order valence-corrected chi connectivity index (χ3v) is 5.44. The van der Waals surface area contributed by atoms with Gasteiger partial charge in [0.15, 0.2) is 5.78 Å². The molecule has 7 heteroatoms. The zero-order valence-electron chi connectivity index (χ0n) is 20.0. The Morgan fingerprint density at radius 3 is 2.15 bits per heavy atom. The minimum absolute atomic E-state index is 0.0957. The smallest absolute Gasteiger partial charge is 0.410 e. The molecule has 0 radical (unpaired) electrons. The van der Waals surface area contributed by atoms with Crippen molar-refractivity contribution in [3.05, 3.63) is 59.7 Å². The minimum atomic E-state index is -0.864. The average molecular weight is 463 g/mol. The Hall–Kier alpha value is -3.79. The van der Waals surface area contributed by atoms with Gasteiger partial charge >= 0.3 is 12.2 Å². The second-order valence-electron chi connectivity index (χ2n) is 9.20. The number of fused-ring (bicyclic) bond motifs is 3. The molecule has 2 amide bonds. The van der Waals surface area contributed by atoms with Crippen LogP contribution in [0.15, 0.2) is 48.5 Å². The summed E-state index contributed by atoms with van der Waals surface area (Å²) in [6.45, 7) is 6.44. The molecule has 1 aliphatic rings. The molecule has 7 nitrogen and oxygen atoms in total. The van der Waals surface area contributed by atoms with Crippen molar-refractivity contribution >= 4 is 18.0 Å². The number of ether oxygens (including phenoxy) is 2. The number of carbonyl (C=O) groups excluding carboxylic acids is 3. The van der Waals surface area contributed by atoms with Gasteiger partial charge in [0.25, 0.3) is 0 Å². The molecule has 0 bridgehead atoms. The molecule has 1 N–H and O–H groups in total. The molecule has 1 atom stereocenters. The second kappa shape index (κ2) is 10.4. The van der Waals surface area contributed by atoms with Crippen molar-refractivity contribution in [2.24, 2.45) is 0 Å². The number of hydrogen-bond donors (Lipinski definition) is 1. The van der Waals surface area contributed by atoms with E-state index in [0.717, 1.165) is 27.2 Å². The molecular formula is C27H30N2O5. The molecule has 34 heavy (non-hydrogen) atoms. The van der Waals surface area contributed by atoms with Gasteiger partial charge in [-0.15, -0.1) is 6.42 Å². The molecule has 0 aliphatic heterocycles. The van der Waals surface area contributed by atoms with Crippen molar-refractivity contribution in [2.75, 3.05) is 19.7 Å². The number of nitrogens with zero attached hydrogens (tertiary/aromatic N) is 1. The van der Waals surface area contributed by atoms with Crippen LogP contribution in [0.25, 0.3) is 11.1 Å². The van der Waals surface area contributed by atoms with Gasteiger partial charge in [-0.1, -0.05) is 54.5 Å². The topological polar surface area (TPSA) is 84.9 Å². The highest BCUT2D eigenvalue weighted by atomic mass is 16.6. The van der Waals surface area contributed by atoms with E-state index >= 15 is 0 Å². The zero-order valence-corrected chi connectivity index (χ0v) is 20.0. The molecule has 0 saturated carbocycles. The quantitative estimate of drug-likeness (QED) is 0.619. The van der Waals surface area contributed by atoms with Crippen LogP contribution in [0.2, 0.25) is 0 Å². The van der Waals surface area contributed by atoms with E-state index in [9.17, 15) is 14.4 Å². The van der Waals surface area contributed by atoms with Gasteiger partial charge in [0.2, 0.25) is 0 Å². The Morgan fingerprint density at radius 1 is 1.06 bits per heavy atom. The van der Waals surface area contributed by atoms with E-state index in [-0.39, 0.29) is 25.6 Å². The van der Waals surface area contributed by atoms with Crippen LogP contribution in [0.3, 0.4) is 0 Å².